The number of hydrogen-bond acceptors (Lipinski definition) is 5. The summed E-state index contributed by atoms with van der Waals surface area (Å²) in [7, 11) is 1.76. The van der Waals surface area contributed by atoms with Crippen LogP contribution in [0.25, 0.3) is 0 Å². The van der Waals surface area contributed by atoms with E-state index in [0.717, 1.165) is 0 Å². The number of hydrogen-bond donors (Lipinski definition) is 2. The minimum Gasteiger partial charge on any atom is -0.477 e. The Balaban J connectivity index is 1.70. The lowest BCUT2D eigenvalue weighted by Crippen LogP contribution is -2.41. The molecule has 0 bridgehead atoms. The van der Waals surface area contributed by atoms with E-state index in [2.05, 4.69) is 15.4 Å². The number of nitrogens with zero attached hydrogens (tertiary/aromatic N) is 4. The molecule has 3 heterocycles. The third-order valence-electron chi connectivity index (χ3n) is 3.75. The van der Waals surface area contributed by atoms with Gasteiger partial charge in [-0.3, -0.25) is 14.3 Å². The van der Waals surface area contributed by atoms with Gasteiger partial charge < -0.3 is 15.3 Å². The lowest BCUT2D eigenvalue weighted by molar-refractivity contribution is -0.118. The molecule has 2 aromatic heterocycles. The van der Waals surface area contributed by atoms with Gasteiger partial charge in [-0.25, -0.2) is 9.78 Å². The van der Waals surface area contributed by atoms with E-state index in [9.17, 15) is 14.4 Å². The van der Waals surface area contributed by atoms with E-state index in [0.29, 0.717) is 18.7 Å². The van der Waals surface area contributed by atoms with E-state index >= 15 is 0 Å². The molecule has 2 N–H and O–H groups in total. The Labute approximate surface area is 136 Å². The Bertz CT molecular complexity index is 816. The van der Waals surface area contributed by atoms with E-state index < -0.39 is 17.9 Å². The largest absolute Gasteiger partial charge is 0.477 e. The van der Waals surface area contributed by atoms with Crippen molar-refractivity contribution in [1.29, 1.82) is 0 Å². The summed E-state index contributed by atoms with van der Waals surface area (Å²) in [4.78, 5) is 40.8. The zero-order valence-corrected chi connectivity index (χ0v) is 12.8. The van der Waals surface area contributed by atoms with Gasteiger partial charge in [-0.05, 0) is 18.6 Å². The van der Waals surface area contributed by atoms with E-state index in [1.165, 1.54) is 18.3 Å². The van der Waals surface area contributed by atoms with Crippen LogP contribution in [0.1, 0.15) is 27.3 Å². The molecule has 1 fully saturated rings. The molecule has 0 saturated carbocycles. The third-order valence-corrected chi connectivity index (χ3v) is 3.75. The van der Waals surface area contributed by atoms with Gasteiger partial charge in [-0.2, -0.15) is 5.10 Å². The van der Waals surface area contributed by atoms with E-state index in [1.807, 2.05) is 0 Å². The topological polar surface area (TPSA) is 117 Å². The highest BCUT2D eigenvalue weighted by atomic mass is 16.4. The third kappa shape index (κ3) is 2.96. The normalized spacial score (nSPS) is 17.1. The van der Waals surface area contributed by atoms with Crippen molar-refractivity contribution in [3.8, 4) is 0 Å². The van der Waals surface area contributed by atoms with Gasteiger partial charge in [0.1, 0.15) is 11.7 Å². The minimum atomic E-state index is -1.22. The first-order valence-electron chi connectivity index (χ1n) is 7.26. The summed E-state index contributed by atoms with van der Waals surface area (Å²) in [6.07, 6.45) is 5.03. The lowest BCUT2D eigenvalue weighted by Gasteiger charge is -2.15. The van der Waals surface area contributed by atoms with Gasteiger partial charge in [0.05, 0.1) is 11.9 Å². The van der Waals surface area contributed by atoms with Crippen LogP contribution in [-0.2, 0) is 11.8 Å². The SMILES string of the molecule is Cn1cc(N2CC[C@H](NC(=O)c3ccnc(C(=O)O)c3)C2=O)cn1. The predicted octanol–water partition coefficient (Wildman–Crippen LogP) is 0.0486. The molecule has 1 aliphatic rings. The summed E-state index contributed by atoms with van der Waals surface area (Å²) in [5.74, 6) is -1.94. The van der Waals surface area contributed by atoms with Crippen LogP contribution >= 0.6 is 0 Å². The van der Waals surface area contributed by atoms with Gasteiger partial charge in [-0.1, -0.05) is 0 Å². The van der Waals surface area contributed by atoms with Gasteiger partial charge in [0, 0.05) is 31.5 Å². The van der Waals surface area contributed by atoms with Crippen molar-refractivity contribution in [3.63, 3.8) is 0 Å². The molecule has 9 nitrogen and oxygen atoms in total. The number of aromatic carboxylic acids is 1. The number of amides is 2. The highest BCUT2D eigenvalue weighted by Crippen LogP contribution is 2.20. The van der Waals surface area contributed by atoms with Crippen LogP contribution in [0.15, 0.2) is 30.7 Å². The van der Waals surface area contributed by atoms with Crippen LogP contribution in [-0.4, -0.2) is 50.2 Å². The Hall–Kier alpha value is -3.23. The number of carbonyl (C=O) groups is 3. The fourth-order valence-electron chi connectivity index (χ4n) is 2.55. The Kier molecular flexibility index (Phi) is 3.98. The molecule has 1 saturated heterocycles. The molecular formula is C15H15N5O4. The van der Waals surface area contributed by atoms with Crippen LogP contribution in [0.4, 0.5) is 5.69 Å². The van der Waals surface area contributed by atoms with Crippen molar-refractivity contribution < 1.29 is 19.5 Å². The number of carboxylic acids is 1. The number of pyridine rings is 1. The second-order valence-corrected chi connectivity index (χ2v) is 5.41. The van der Waals surface area contributed by atoms with E-state index in [-0.39, 0.29) is 17.2 Å². The van der Waals surface area contributed by atoms with Gasteiger partial charge in [0.2, 0.25) is 5.91 Å². The smallest absolute Gasteiger partial charge is 0.354 e. The zero-order chi connectivity index (χ0) is 17.3. The lowest BCUT2D eigenvalue weighted by atomic mass is 10.2. The Morgan fingerprint density at radius 2 is 2.21 bits per heavy atom. The van der Waals surface area contributed by atoms with Crippen molar-refractivity contribution in [2.45, 2.75) is 12.5 Å². The van der Waals surface area contributed by atoms with Crippen LogP contribution in [0, 0.1) is 0 Å². The average molecular weight is 329 g/mol. The molecule has 3 rings (SSSR count). The molecule has 0 aliphatic carbocycles. The van der Waals surface area contributed by atoms with Crippen LogP contribution in [0.5, 0.6) is 0 Å². The summed E-state index contributed by atoms with van der Waals surface area (Å²) < 4.78 is 1.60. The van der Waals surface area contributed by atoms with Crippen molar-refractivity contribution in [3.05, 3.63) is 42.0 Å². The Morgan fingerprint density at radius 3 is 2.88 bits per heavy atom. The summed E-state index contributed by atoms with van der Waals surface area (Å²) in [5, 5.41) is 15.6. The molecule has 9 heteroatoms. The standard InChI is InChI=1S/C15H15N5O4/c1-19-8-10(7-17-19)20-5-3-11(14(20)22)18-13(21)9-2-4-16-12(6-9)15(23)24/h2,4,6-8,11H,3,5H2,1H3,(H,18,21)(H,23,24)/t11-/m0/s1. The van der Waals surface area contributed by atoms with Gasteiger partial charge in [-0.15, -0.1) is 0 Å². The number of rotatable bonds is 4. The summed E-state index contributed by atoms with van der Waals surface area (Å²) in [5.41, 5.74) is 0.601. The maximum absolute atomic E-state index is 12.4. The van der Waals surface area contributed by atoms with Crippen LogP contribution in [0.2, 0.25) is 0 Å². The van der Waals surface area contributed by atoms with Gasteiger partial charge in [0.25, 0.3) is 5.91 Å². The molecule has 24 heavy (non-hydrogen) atoms. The molecule has 2 amide bonds. The first-order valence-corrected chi connectivity index (χ1v) is 7.26. The van der Waals surface area contributed by atoms with Gasteiger partial charge in [0.15, 0.2) is 0 Å². The average Bonchev–Trinajstić information content (AvgIpc) is 3.14. The highest BCUT2D eigenvalue weighted by Gasteiger charge is 2.34. The van der Waals surface area contributed by atoms with Crippen molar-refractivity contribution in [2.75, 3.05) is 11.4 Å². The predicted molar refractivity (Wildman–Crippen MR) is 82.6 cm³/mol. The fourth-order valence-corrected chi connectivity index (χ4v) is 2.55. The maximum Gasteiger partial charge on any atom is 0.354 e. The second kappa shape index (κ2) is 6.11. The Morgan fingerprint density at radius 1 is 1.42 bits per heavy atom. The summed E-state index contributed by atoms with van der Waals surface area (Å²) >= 11 is 0. The monoisotopic (exact) mass is 329 g/mol. The summed E-state index contributed by atoms with van der Waals surface area (Å²) in [6, 6.07) is 1.93. The number of nitrogens with one attached hydrogen (secondary N) is 1. The molecule has 0 radical (unpaired) electrons. The minimum absolute atomic E-state index is 0.148. The molecule has 1 atom stereocenters. The van der Waals surface area contributed by atoms with Crippen molar-refractivity contribution in [1.82, 2.24) is 20.1 Å². The molecule has 2 aromatic rings. The number of anilines is 1. The molecular weight excluding hydrogens is 314 g/mol. The molecule has 124 valence electrons. The van der Waals surface area contributed by atoms with E-state index in [1.54, 1.807) is 29.0 Å². The fraction of sp³-hybridized carbons (Fsp3) is 0.267. The molecule has 1 aliphatic heterocycles. The van der Waals surface area contributed by atoms with Crippen LogP contribution in [0.3, 0.4) is 0 Å². The molecule has 0 unspecified atom stereocenters. The number of carbonyl (C=O) groups excluding carboxylic acids is 2. The number of aryl methyl sites for hydroxylation is 1. The van der Waals surface area contributed by atoms with Gasteiger partial charge >= 0.3 is 5.97 Å². The summed E-state index contributed by atoms with van der Waals surface area (Å²) in [6.45, 7) is 0.478. The first kappa shape index (κ1) is 15.7. The van der Waals surface area contributed by atoms with Crippen molar-refractivity contribution >= 4 is 23.5 Å². The van der Waals surface area contributed by atoms with Crippen LogP contribution < -0.4 is 10.2 Å². The quantitative estimate of drug-likeness (QED) is 0.818. The van der Waals surface area contributed by atoms with Crippen molar-refractivity contribution in [2.24, 2.45) is 7.05 Å². The first-order chi connectivity index (χ1) is 11.5. The number of carboxylic acid groups (broad SMARTS) is 1. The number of aromatic nitrogens is 3. The second-order valence-electron chi connectivity index (χ2n) is 5.41. The highest BCUT2D eigenvalue weighted by molar-refractivity contribution is 6.04. The zero-order valence-electron chi connectivity index (χ0n) is 12.8. The van der Waals surface area contributed by atoms with E-state index in [4.69, 9.17) is 5.11 Å². The molecule has 0 aromatic carbocycles. The maximum atomic E-state index is 12.4. The molecule has 0 spiro atoms.